The van der Waals surface area contributed by atoms with Crippen LogP contribution >= 0.6 is 0 Å². The van der Waals surface area contributed by atoms with E-state index in [9.17, 15) is 14.4 Å². The van der Waals surface area contributed by atoms with Crippen LogP contribution < -0.4 is 0 Å². The van der Waals surface area contributed by atoms with Gasteiger partial charge in [0.05, 0.1) is 6.61 Å². The van der Waals surface area contributed by atoms with Gasteiger partial charge >= 0.3 is 17.9 Å². The van der Waals surface area contributed by atoms with E-state index < -0.39 is 11.9 Å². The van der Waals surface area contributed by atoms with E-state index in [0.717, 1.165) is 12.8 Å². The van der Waals surface area contributed by atoms with Gasteiger partial charge in [-0.15, -0.1) is 0 Å². The van der Waals surface area contributed by atoms with Gasteiger partial charge in [-0.25, -0.2) is 14.4 Å². The predicted octanol–water partition coefficient (Wildman–Crippen LogP) is 2.72. The van der Waals surface area contributed by atoms with E-state index in [-0.39, 0.29) is 29.6 Å². The normalized spacial score (nSPS) is 15.4. The molecule has 1 fully saturated rings. The number of hydrogen-bond donors (Lipinski definition) is 2. The number of rotatable bonds is 10. The smallest absolute Gasteiger partial charge is 0.333 e. The number of aliphatic carboxylic acids is 2. The van der Waals surface area contributed by atoms with Gasteiger partial charge in [-0.1, -0.05) is 32.6 Å². The zero-order valence-electron chi connectivity index (χ0n) is 14.7. The van der Waals surface area contributed by atoms with Gasteiger partial charge in [-0.3, -0.25) is 0 Å². The van der Waals surface area contributed by atoms with Gasteiger partial charge in [-0.2, -0.15) is 0 Å². The first-order chi connectivity index (χ1) is 11.7. The summed E-state index contributed by atoms with van der Waals surface area (Å²) in [7, 11) is 0. The van der Waals surface area contributed by atoms with E-state index in [1.165, 1.54) is 6.08 Å². The number of hydrogen-bond acceptors (Lipinski definition) is 5. The van der Waals surface area contributed by atoms with Crippen LogP contribution in [0.1, 0.15) is 39.5 Å². The molecule has 1 aliphatic heterocycles. The molecule has 0 aliphatic carbocycles. The summed E-state index contributed by atoms with van der Waals surface area (Å²) < 4.78 is 9.60. The number of unbranched alkanes of at least 4 members (excludes halogenated alkanes) is 1. The topological polar surface area (TPSA) is 113 Å². The summed E-state index contributed by atoms with van der Waals surface area (Å²) in [5.41, 5.74) is 0.699. The molecule has 2 N–H and O–H groups in total. The van der Waals surface area contributed by atoms with E-state index in [4.69, 9.17) is 19.7 Å². The molecule has 0 aromatic heterocycles. The molecule has 1 aliphatic rings. The second kappa shape index (κ2) is 12.0. The summed E-state index contributed by atoms with van der Waals surface area (Å²) >= 11 is 0. The first kappa shape index (κ1) is 22.6. The van der Waals surface area contributed by atoms with E-state index in [2.05, 4.69) is 13.2 Å². The van der Waals surface area contributed by atoms with Crippen molar-refractivity contribution in [2.24, 2.45) is 0 Å². The molecule has 1 heterocycles. The highest BCUT2D eigenvalue weighted by Gasteiger charge is 2.24. The third kappa shape index (κ3) is 11.7. The van der Waals surface area contributed by atoms with Crippen LogP contribution in [0, 0.1) is 0 Å². The lowest BCUT2D eigenvalue weighted by Crippen LogP contribution is -2.09. The van der Waals surface area contributed by atoms with E-state index in [1.54, 1.807) is 6.92 Å². The first-order valence-corrected chi connectivity index (χ1v) is 7.96. The van der Waals surface area contributed by atoms with Gasteiger partial charge in [0.25, 0.3) is 0 Å². The van der Waals surface area contributed by atoms with E-state index in [1.807, 2.05) is 6.92 Å². The SMILES string of the molecule is C=C(C)C(=O)OCC1CO1.C=C(CC=C(CCCC)C(=O)O)C(=O)O. The summed E-state index contributed by atoms with van der Waals surface area (Å²) in [5.74, 6) is -2.41. The van der Waals surface area contributed by atoms with Crippen molar-refractivity contribution >= 4 is 17.9 Å². The number of allylic oxidation sites excluding steroid dienone is 1. The van der Waals surface area contributed by atoms with Crippen LogP contribution in [0.5, 0.6) is 0 Å². The van der Waals surface area contributed by atoms with Crippen LogP contribution in [0.2, 0.25) is 0 Å². The minimum atomic E-state index is -1.09. The standard InChI is InChI=1S/C11H16O4.C7H10O3/c1-3-4-5-9(11(14)15)7-6-8(2)10(12)13;1-5(2)7(8)10-4-6-3-9-6/h7H,2-6H2,1H3,(H,12,13)(H,14,15);6H,1,3-4H2,2H3. The second-order valence-electron chi connectivity index (χ2n) is 5.59. The number of epoxide rings is 1. The summed E-state index contributed by atoms with van der Waals surface area (Å²) in [4.78, 5) is 31.9. The van der Waals surface area contributed by atoms with Crippen LogP contribution in [0.15, 0.2) is 36.0 Å². The van der Waals surface area contributed by atoms with Crippen LogP contribution in [-0.2, 0) is 23.9 Å². The number of carbonyl (C=O) groups excluding carboxylic acids is 1. The summed E-state index contributed by atoms with van der Waals surface area (Å²) in [5, 5.41) is 17.3. The fourth-order valence-electron chi connectivity index (χ4n) is 1.45. The van der Waals surface area contributed by atoms with Crippen molar-refractivity contribution in [2.75, 3.05) is 13.2 Å². The van der Waals surface area contributed by atoms with Gasteiger partial charge in [-0.05, 0) is 26.2 Å². The Morgan fingerprint density at radius 3 is 2.24 bits per heavy atom. The Kier molecular flexibility index (Phi) is 10.9. The number of carbonyl (C=O) groups is 3. The molecule has 1 atom stereocenters. The number of carboxylic acids is 2. The zero-order chi connectivity index (χ0) is 19.4. The highest BCUT2D eigenvalue weighted by atomic mass is 16.6. The van der Waals surface area contributed by atoms with Crippen molar-refractivity contribution in [3.8, 4) is 0 Å². The van der Waals surface area contributed by atoms with Crippen molar-refractivity contribution in [1.29, 1.82) is 0 Å². The van der Waals surface area contributed by atoms with E-state index in [0.29, 0.717) is 25.2 Å². The Morgan fingerprint density at radius 2 is 1.84 bits per heavy atom. The predicted molar refractivity (Wildman–Crippen MR) is 92.1 cm³/mol. The molecule has 140 valence electrons. The Balaban J connectivity index is 0.000000496. The van der Waals surface area contributed by atoms with Crippen LogP contribution in [0.25, 0.3) is 0 Å². The molecule has 0 aromatic rings. The quantitative estimate of drug-likeness (QED) is 0.352. The summed E-state index contributed by atoms with van der Waals surface area (Å²) in [6.45, 7) is 11.4. The number of ether oxygens (including phenoxy) is 2. The van der Waals surface area contributed by atoms with Gasteiger partial charge in [0.1, 0.15) is 12.7 Å². The minimum Gasteiger partial charge on any atom is -0.478 e. The van der Waals surface area contributed by atoms with Crippen molar-refractivity contribution in [1.82, 2.24) is 0 Å². The average Bonchev–Trinajstić information content (AvgIpc) is 3.36. The Morgan fingerprint density at radius 1 is 1.24 bits per heavy atom. The van der Waals surface area contributed by atoms with Crippen molar-refractivity contribution in [2.45, 2.75) is 45.6 Å². The fourth-order valence-corrected chi connectivity index (χ4v) is 1.45. The summed E-state index contributed by atoms with van der Waals surface area (Å²) in [6, 6.07) is 0. The highest BCUT2D eigenvalue weighted by molar-refractivity contribution is 5.88. The summed E-state index contributed by atoms with van der Waals surface area (Å²) in [6.07, 6.45) is 3.82. The molecule has 25 heavy (non-hydrogen) atoms. The van der Waals surface area contributed by atoms with Crippen molar-refractivity contribution in [3.63, 3.8) is 0 Å². The molecule has 0 spiro atoms. The maximum Gasteiger partial charge on any atom is 0.333 e. The molecule has 0 radical (unpaired) electrons. The van der Waals surface area contributed by atoms with Gasteiger partial charge in [0.2, 0.25) is 0 Å². The molecule has 7 nitrogen and oxygen atoms in total. The Labute approximate surface area is 147 Å². The minimum absolute atomic E-state index is 0.00486. The monoisotopic (exact) mass is 354 g/mol. The van der Waals surface area contributed by atoms with E-state index >= 15 is 0 Å². The largest absolute Gasteiger partial charge is 0.478 e. The zero-order valence-corrected chi connectivity index (χ0v) is 14.7. The number of carboxylic acid groups (broad SMARTS) is 2. The maximum atomic E-state index is 10.7. The first-order valence-electron chi connectivity index (χ1n) is 7.96. The van der Waals surface area contributed by atoms with Gasteiger partial charge in [0, 0.05) is 16.7 Å². The van der Waals surface area contributed by atoms with Crippen LogP contribution in [0.4, 0.5) is 0 Å². The molecule has 1 saturated heterocycles. The molecule has 0 aromatic carbocycles. The van der Waals surface area contributed by atoms with Gasteiger partial charge in [0.15, 0.2) is 0 Å². The molecular formula is C18H26O7. The lowest BCUT2D eigenvalue weighted by Gasteiger charge is -2.01. The van der Waals surface area contributed by atoms with Crippen LogP contribution in [-0.4, -0.2) is 47.4 Å². The van der Waals surface area contributed by atoms with Crippen molar-refractivity contribution in [3.05, 3.63) is 36.0 Å². The second-order valence-corrected chi connectivity index (χ2v) is 5.59. The fraction of sp³-hybridized carbons (Fsp3) is 0.500. The third-order valence-electron chi connectivity index (χ3n) is 3.12. The molecule has 1 rings (SSSR count). The molecule has 1 unspecified atom stereocenters. The molecule has 7 heteroatoms. The lowest BCUT2D eigenvalue weighted by atomic mass is 10.1. The lowest BCUT2D eigenvalue weighted by molar-refractivity contribution is -0.139. The molecule has 0 saturated carbocycles. The maximum absolute atomic E-state index is 10.7. The number of esters is 1. The molecular weight excluding hydrogens is 328 g/mol. The third-order valence-corrected chi connectivity index (χ3v) is 3.12. The average molecular weight is 354 g/mol. The van der Waals surface area contributed by atoms with Gasteiger partial charge < -0.3 is 19.7 Å². The highest BCUT2D eigenvalue weighted by Crippen LogP contribution is 2.11. The molecule has 0 amide bonds. The molecule has 0 bridgehead atoms. The van der Waals surface area contributed by atoms with Crippen LogP contribution in [0.3, 0.4) is 0 Å². The Hall–Kier alpha value is -2.41. The van der Waals surface area contributed by atoms with Crippen molar-refractivity contribution < 1.29 is 34.1 Å². The Bertz CT molecular complexity index is 542.